The first-order chi connectivity index (χ1) is 5.72. The van der Waals surface area contributed by atoms with Crippen LogP contribution in [0.3, 0.4) is 0 Å². The Hall–Kier alpha value is -0.830. The summed E-state index contributed by atoms with van der Waals surface area (Å²) in [7, 11) is 0. The standard InChI is InChI=1S/C9H10BrNO/c10-6-8-3-1-2-7(4-8)5-9(11)12/h1-4H,5-6H2,(H2,11,12). The van der Waals surface area contributed by atoms with Crippen LogP contribution in [-0.2, 0) is 16.5 Å². The first-order valence-corrected chi connectivity index (χ1v) is 4.76. The minimum Gasteiger partial charge on any atom is -0.369 e. The highest BCUT2D eigenvalue weighted by atomic mass is 79.9. The number of primary amides is 1. The van der Waals surface area contributed by atoms with Crippen molar-refractivity contribution in [3.8, 4) is 0 Å². The third-order valence-electron chi connectivity index (χ3n) is 1.52. The Kier molecular flexibility index (Phi) is 3.29. The molecule has 0 aromatic heterocycles. The van der Waals surface area contributed by atoms with Crippen LogP contribution in [-0.4, -0.2) is 5.91 Å². The Morgan fingerprint density at radius 3 is 2.67 bits per heavy atom. The molecule has 1 aromatic rings. The molecule has 0 fully saturated rings. The van der Waals surface area contributed by atoms with Crippen molar-refractivity contribution in [2.75, 3.05) is 0 Å². The lowest BCUT2D eigenvalue weighted by molar-refractivity contribution is -0.117. The predicted molar refractivity (Wildman–Crippen MR) is 52.0 cm³/mol. The van der Waals surface area contributed by atoms with E-state index in [2.05, 4.69) is 15.9 Å². The predicted octanol–water partition coefficient (Wildman–Crippen LogP) is 1.61. The molecule has 1 rings (SSSR count). The summed E-state index contributed by atoms with van der Waals surface area (Å²) < 4.78 is 0. The molecule has 12 heavy (non-hydrogen) atoms. The number of carbonyl (C=O) groups is 1. The first kappa shape index (κ1) is 9.26. The van der Waals surface area contributed by atoms with Crippen LogP contribution in [0.4, 0.5) is 0 Å². The highest BCUT2D eigenvalue weighted by Gasteiger charge is 1.98. The van der Waals surface area contributed by atoms with E-state index in [9.17, 15) is 4.79 Å². The van der Waals surface area contributed by atoms with E-state index in [1.54, 1.807) is 0 Å². The number of nitrogens with two attached hydrogens (primary N) is 1. The number of amides is 1. The summed E-state index contributed by atoms with van der Waals surface area (Å²) in [6.45, 7) is 0. The van der Waals surface area contributed by atoms with Crippen LogP contribution < -0.4 is 5.73 Å². The summed E-state index contributed by atoms with van der Waals surface area (Å²) in [5.74, 6) is -0.290. The van der Waals surface area contributed by atoms with Crippen molar-refractivity contribution in [1.82, 2.24) is 0 Å². The molecule has 0 aliphatic rings. The van der Waals surface area contributed by atoms with Gasteiger partial charge in [0.2, 0.25) is 5.91 Å². The maximum atomic E-state index is 10.6. The third kappa shape index (κ3) is 2.66. The van der Waals surface area contributed by atoms with E-state index in [0.717, 1.165) is 16.5 Å². The second-order valence-electron chi connectivity index (χ2n) is 2.60. The topological polar surface area (TPSA) is 43.1 Å². The number of rotatable bonds is 3. The van der Waals surface area contributed by atoms with Crippen molar-refractivity contribution in [3.05, 3.63) is 35.4 Å². The third-order valence-corrected chi connectivity index (χ3v) is 2.17. The van der Waals surface area contributed by atoms with Crippen LogP contribution in [0.2, 0.25) is 0 Å². The molecule has 64 valence electrons. The van der Waals surface area contributed by atoms with Gasteiger partial charge in [0.05, 0.1) is 6.42 Å². The second kappa shape index (κ2) is 4.26. The van der Waals surface area contributed by atoms with Crippen LogP contribution >= 0.6 is 15.9 Å². The molecule has 0 spiro atoms. The number of hydrogen-bond donors (Lipinski definition) is 1. The van der Waals surface area contributed by atoms with Crippen molar-refractivity contribution in [1.29, 1.82) is 0 Å². The number of carbonyl (C=O) groups excluding carboxylic acids is 1. The van der Waals surface area contributed by atoms with E-state index < -0.39 is 0 Å². The minimum absolute atomic E-state index is 0.290. The lowest BCUT2D eigenvalue weighted by Gasteiger charge is -1.99. The molecule has 0 unspecified atom stereocenters. The van der Waals surface area contributed by atoms with Crippen LogP contribution in [0, 0.1) is 0 Å². The summed E-state index contributed by atoms with van der Waals surface area (Å²) in [5.41, 5.74) is 7.20. The molecule has 1 amide bonds. The molecule has 0 saturated carbocycles. The molecule has 2 nitrogen and oxygen atoms in total. The van der Waals surface area contributed by atoms with Gasteiger partial charge in [-0.25, -0.2) is 0 Å². The normalized spacial score (nSPS) is 9.75. The molecule has 0 heterocycles. The minimum atomic E-state index is -0.290. The van der Waals surface area contributed by atoms with E-state index in [1.807, 2.05) is 24.3 Å². The van der Waals surface area contributed by atoms with E-state index in [1.165, 1.54) is 0 Å². The summed E-state index contributed by atoms with van der Waals surface area (Å²) in [4.78, 5) is 10.6. The first-order valence-electron chi connectivity index (χ1n) is 3.64. The molecule has 1 aromatic carbocycles. The Labute approximate surface area is 79.9 Å². The second-order valence-corrected chi connectivity index (χ2v) is 3.16. The largest absolute Gasteiger partial charge is 0.369 e. The molecule has 2 N–H and O–H groups in total. The maximum absolute atomic E-state index is 10.6. The van der Waals surface area contributed by atoms with Crippen LogP contribution in [0.1, 0.15) is 11.1 Å². The molecular formula is C9H10BrNO. The number of alkyl halides is 1. The van der Waals surface area contributed by atoms with Crippen molar-refractivity contribution < 1.29 is 4.79 Å². The molecule has 0 saturated heterocycles. The molecule has 0 aliphatic carbocycles. The SMILES string of the molecule is NC(=O)Cc1cccc(CBr)c1. The monoisotopic (exact) mass is 227 g/mol. The van der Waals surface area contributed by atoms with Crippen molar-refractivity contribution in [2.24, 2.45) is 5.73 Å². The fourth-order valence-corrected chi connectivity index (χ4v) is 1.37. The molecule has 0 bridgehead atoms. The highest BCUT2D eigenvalue weighted by Crippen LogP contribution is 2.08. The van der Waals surface area contributed by atoms with Crippen molar-refractivity contribution in [2.45, 2.75) is 11.8 Å². The highest BCUT2D eigenvalue weighted by molar-refractivity contribution is 9.08. The molecule has 0 radical (unpaired) electrons. The van der Waals surface area contributed by atoms with Gasteiger partial charge in [-0.1, -0.05) is 40.2 Å². The summed E-state index contributed by atoms with van der Waals surface area (Å²) in [5, 5.41) is 0.805. The molecule has 0 aliphatic heterocycles. The van der Waals surface area contributed by atoms with Crippen molar-refractivity contribution in [3.63, 3.8) is 0 Å². The zero-order chi connectivity index (χ0) is 8.97. The van der Waals surface area contributed by atoms with Gasteiger partial charge >= 0.3 is 0 Å². The van der Waals surface area contributed by atoms with E-state index >= 15 is 0 Å². The van der Waals surface area contributed by atoms with Gasteiger partial charge in [-0.05, 0) is 11.1 Å². The van der Waals surface area contributed by atoms with Gasteiger partial charge in [-0.15, -0.1) is 0 Å². The molecule has 0 atom stereocenters. The van der Waals surface area contributed by atoms with E-state index in [0.29, 0.717) is 6.42 Å². The van der Waals surface area contributed by atoms with Gasteiger partial charge in [0, 0.05) is 5.33 Å². The zero-order valence-electron chi connectivity index (χ0n) is 6.59. The lowest BCUT2D eigenvalue weighted by Crippen LogP contribution is -2.13. The summed E-state index contributed by atoms with van der Waals surface area (Å²) in [6.07, 6.45) is 0.320. The number of benzene rings is 1. The summed E-state index contributed by atoms with van der Waals surface area (Å²) >= 11 is 3.34. The Morgan fingerprint density at radius 2 is 2.08 bits per heavy atom. The van der Waals surface area contributed by atoms with Gasteiger partial charge in [0.1, 0.15) is 0 Å². The van der Waals surface area contributed by atoms with Gasteiger partial charge in [0.15, 0.2) is 0 Å². The quantitative estimate of drug-likeness (QED) is 0.784. The smallest absolute Gasteiger partial charge is 0.221 e. The number of hydrogen-bond acceptors (Lipinski definition) is 1. The van der Waals surface area contributed by atoms with Crippen LogP contribution in [0.5, 0.6) is 0 Å². The molecule has 3 heteroatoms. The molecular weight excluding hydrogens is 218 g/mol. The fourth-order valence-electron chi connectivity index (χ4n) is 1.02. The maximum Gasteiger partial charge on any atom is 0.221 e. The van der Waals surface area contributed by atoms with Gasteiger partial charge in [0.25, 0.3) is 0 Å². The van der Waals surface area contributed by atoms with Crippen molar-refractivity contribution >= 4 is 21.8 Å². The van der Waals surface area contributed by atoms with Gasteiger partial charge in [-0.3, -0.25) is 4.79 Å². The number of halogens is 1. The van der Waals surface area contributed by atoms with Crippen LogP contribution in [0.25, 0.3) is 0 Å². The van der Waals surface area contributed by atoms with E-state index in [-0.39, 0.29) is 5.91 Å². The average molecular weight is 228 g/mol. The van der Waals surface area contributed by atoms with Gasteiger partial charge in [-0.2, -0.15) is 0 Å². The Balaban J connectivity index is 2.79. The Morgan fingerprint density at radius 1 is 1.42 bits per heavy atom. The van der Waals surface area contributed by atoms with Gasteiger partial charge < -0.3 is 5.73 Å². The Bertz CT molecular complexity index is 286. The lowest BCUT2D eigenvalue weighted by atomic mass is 10.1. The van der Waals surface area contributed by atoms with Crippen LogP contribution in [0.15, 0.2) is 24.3 Å². The summed E-state index contributed by atoms with van der Waals surface area (Å²) in [6, 6.07) is 7.80. The zero-order valence-corrected chi connectivity index (χ0v) is 8.17. The average Bonchev–Trinajstić information content (AvgIpc) is 2.03. The van der Waals surface area contributed by atoms with E-state index in [4.69, 9.17) is 5.73 Å². The fraction of sp³-hybridized carbons (Fsp3) is 0.222.